The molecule has 0 spiro atoms. The predicted octanol–water partition coefficient (Wildman–Crippen LogP) is 2.65. The number of nitrogens with zero attached hydrogens (tertiary/aromatic N) is 1. The van der Waals surface area contributed by atoms with E-state index in [1.807, 2.05) is 25.4 Å². The van der Waals surface area contributed by atoms with Gasteiger partial charge >= 0.3 is 0 Å². The number of allylic oxidation sites excluding steroid dienone is 2. The molecule has 1 aromatic heterocycles. The molecule has 2 N–H and O–H groups in total. The Labute approximate surface area is 102 Å². The maximum atomic E-state index is 4.45. The normalized spacial score (nSPS) is 13.6. The lowest BCUT2D eigenvalue weighted by molar-refractivity contribution is 0.968. The molecule has 3 heteroatoms. The highest BCUT2D eigenvalue weighted by Gasteiger charge is 2.00. The van der Waals surface area contributed by atoms with E-state index in [1.165, 1.54) is 5.56 Å². The second-order valence-corrected chi connectivity index (χ2v) is 4.09. The molecule has 0 atom stereocenters. The first-order chi connectivity index (χ1) is 8.25. The van der Waals surface area contributed by atoms with Crippen molar-refractivity contribution in [2.75, 3.05) is 6.54 Å². The molecule has 0 aliphatic carbocycles. The fourth-order valence-electron chi connectivity index (χ4n) is 1.57. The van der Waals surface area contributed by atoms with Crippen molar-refractivity contribution in [3.05, 3.63) is 59.8 Å². The van der Waals surface area contributed by atoms with Crippen LogP contribution in [0, 0.1) is 13.8 Å². The molecule has 3 nitrogen and oxygen atoms in total. The van der Waals surface area contributed by atoms with Gasteiger partial charge in [-0.2, -0.15) is 0 Å². The van der Waals surface area contributed by atoms with E-state index in [0.717, 1.165) is 23.6 Å². The number of aryl methyl sites for hydroxylation is 2. The van der Waals surface area contributed by atoms with Crippen molar-refractivity contribution in [2.24, 2.45) is 0 Å². The lowest BCUT2D eigenvalue weighted by atomic mass is 10.2. The van der Waals surface area contributed by atoms with Gasteiger partial charge in [0.05, 0.1) is 0 Å². The SMILES string of the molecule is Cc1ccnc(C2=CNCC=C2)[nH]c(C)cc1. The van der Waals surface area contributed by atoms with Gasteiger partial charge in [0.25, 0.3) is 0 Å². The molecule has 0 bridgehead atoms. The molecule has 0 saturated heterocycles. The highest BCUT2D eigenvalue weighted by Crippen LogP contribution is 2.11. The predicted molar refractivity (Wildman–Crippen MR) is 70.8 cm³/mol. The monoisotopic (exact) mass is 227 g/mol. The highest BCUT2D eigenvalue weighted by atomic mass is 14.9. The topological polar surface area (TPSA) is 40.7 Å². The minimum Gasteiger partial charge on any atom is -0.387 e. The van der Waals surface area contributed by atoms with Gasteiger partial charge in [0.1, 0.15) is 5.82 Å². The van der Waals surface area contributed by atoms with Crippen LogP contribution in [0.5, 0.6) is 0 Å². The van der Waals surface area contributed by atoms with Gasteiger partial charge in [0, 0.05) is 30.2 Å². The Balaban J connectivity index is 2.51. The summed E-state index contributed by atoms with van der Waals surface area (Å²) >= 11 is 0. The van der Waals surface area contributed by atoms with Crippen molar-refractivity contribution in [1.29, 1.82) is 0 Å². The molecule has 1 aromatic rings. The zero-order valence-electron chi connectivity index (χ0n) is 10.2. The summed E-state index contributed by atoms with van der Waals surface area (Å²) in [6.45, 7) is 4.97. The van der Waals surface area contributed by atoms with Crippen molar-refractivity contribution in [3.63, 3.8) is 0 Å². The summed E-state index contributed by atoms with van der Waals surface area (Å²) < 4.78 is 0. The molecule has 2 rings (SSSR count). The first-order valence-electron chi connectivity index (χ1n) is 5.73. The van der Waals surface area contributed by atoms with Gasteiger partial charge in [-0.15, -0.1) is 0 Å². The third-order valence-corrected chi connectivity index (χ3v) is 2.52. The van der Waals surface area contributed by atoms with E-state index in [2.05, 4.69) is 46.5 Å². The number of hydrogen-bond donors (Lipinski definition) is 2. The first-order valence-corrected chi connectivity index (χ1v) is 5.73. The second-order valence-electron chi connectivity index (χ2n) is 4.09. The molecular weight excluding hydrogens is 210 g/mol. The van der Waals surface area contributed by atoms with Crippen LogP contribution in [0.15, 0.2) is 42.7 Å². The van der Waals surface area contributed by atoms with Gasteiger partial charge in [0.15, 0.2) is 0 Å². The van der Waals surface area contributed by atoms with Crippen molar-refractivity contribution >= 4 is 5.57 Å². The maximum absolute atomic E-state index is 4.45. The minimum absolute atomic E-state index is 0.863. The van der Waals surface area contributed by atoms with E-state index in [4.69, 9.17) is 0 Å². The standard InChI is InChI=1S/C14H17N3/c1-11-5-6-12(2)17-14(16-9-7-11)13-4-3-8-15-10-13/h3-7,9-10,15H,8H2,1-2H3,(H,16,17). The van der Waals surface area contributed by atoms with Gasteiger partial charge in [0.2, 0.25) is 0 Å². The van der Waals surface area contributed by atoms with E-state index in [0.29, 0.717) is 0 Å². The van der Waals surface area contributed by atoms with Gasteiger partial charge < -0.3 is 10.3 Å². The van der Waals surface area contributed by atoms with Crippen molar-refractivity contribution in [3.8, 4) is 0 Å². The van der Waals surface area contributed by atoms with E-state index in [-0.39, 0.29) is 0 Å². The average Bonchev–Trinajstić information content (AvgIpc) is 2.43. The van der Waals surface area contributed by atoms with Crippen molar-refractivity contribution < 1.29 is 0 Å². The fourth-order valence-corrected chi connectivity index (χ4v) is 1.57. The third kappa shape index (κ3) is 3.21. The molecule has 0 amide bonds. The number of hydrogen-bond acceptors (Lipinski definition) is 2. The molecule has 0 fully saturated rings. The largest absolute Gasteiger partial charge is 0.387 e. The highest BCUT2D eigenvalue weighted by molar-refractivity contribution is 5.69. The molecular formula is C14H17N3. The summed E-state index contributed by atoms with van der Waals surface area (Å²) in [4.78, 5) is 7.76. The van der Waals surface area contributed by atoms with Crippen LogP contribution in [-0.2, 0) is 0 Å². The van der Waals surface area contributed by atoms with Crippen LogP contribution >= 0.6 is 0 Å². The Hall–Kier alpha value is -2.03. The summed E-state index contributed by atoms with van der Waals surface area (Å²) in [6, 6.07) is 6.12. The van der Waals surface area contributed by atoms with Gasteiger partial charge in [-0.3, -0.25) is 0 Å². The number of H-pyrrole nitrogens is 1. The number of aromatic amines is 1. The Morgan fingerprint density at radius 3 is 2.82 bits per heavy atom. The minimum atomic E-state index is 0.863. The first kappa shape index (κ1) is 11.5. The van der Waals surface area contributed by atoms with Crippen LogP contribution in [0.2, 0.25) is 0 Å². The molecule has 17 heavy (non-hydrogen) atoms. The molecule has 0 unspecified atom stereocenters. The molecule has 0 radical (unpaired) electrons. The Morgan fingerprint density at radius 2 is 2.06 bits per heavy atom. The number of nitrogens with one attached hydrogen (secondary N) is 2. The van der Waals surface area contributed by atoms with Crippen molar-refractivity contribution in [1.82, 2.24) is 15.3 Å². The van der Waals surface area contributed by atoms with Crippen LogP contribution in [0.4, 0.5) is 0 Å². The maximum Gasteiger partial charge on any atom is 0.138 e. The summed E-state index contributed by atoms with van der Waals surface area (Å²) in [5.41, 5.74) is 3.32. The van der Waals surface area contributed by atoms with E-state index in [9.17, 15) is 0 Å². The number of aromatic nitrogens is 2. The van der Waals surface area contributed by atoms with E-state index < -0.39 is 0 Å². The average molecular weight is 227 g/mol. The molecule has 0 saturated carbocycles. The summed E-state index contributed by atoms with van der Waals surface area (Å²) in [5, 5.41) is 3.18. The molecule has 1 aliphatic rings. The van der Waals surface area contributed by atoms with Crippen LogP contribution in [-0.4, -0.2) is 16.5 Å². The van der Waals surface area contributed by atoms with Crippen LogP contribution < -0.4 is 5.32 Å². The Kier molecular flexibility index (Phi) is 3.60. The number of rotatable bonds is 1. The van der Waals surface area contributed by atoms with Gasteiger partial charge in [-0.25, -0.2) is 4.98 Å². The molecule has 88 valence electrons. The quantitative estimate of drug-likeness (QED) is 0.774. The lowest BCUT2D eigenvalue weighted by Crippen LogP contribution is -2.09. The lowest BCUT2D eigenvalue weighted by Gasteiger charge is -2.06. The molecule has 0 aromatic carbocycles. The van der Waals surface area contributed by atoms with Gasteiger partial charge in [-0.05, 0) is 31.5 Å². The summed E-state index contributed by atoms with van der Waals surface area (Å²) in [7, 11) is 0. The van der Waals surface area contributed by atoms with E-state index >= 15 is 0 Å². The Morgan fingerprint density at radius 1 is 1.18 bits per heavy atom. The fraction of sp³-hybridized carbons (Fsp3) is 0.214. The van der Waals surface area contributed by atoms with Crippen LogP contribution in [0.3, 0.4) is 0 Å². The molecule has 1 aliphatic heterocycles. The third-order valence-electron chi connectivity index (χ3n) is 2.52. The zero-order valence-corrected chi connectivity index (χ0v) is 10.2. The number of dihydropyridines is 1. The van der Waals surface area contributed by atoms with Crippen LogP contribution in [0.1, 0.15) is 17.1 Å². The van der Waals surface area contributed by atoms with Crippen LogP contribution in [0.25, 0.3) is 5.57 Å². The summed E-state index contributed by atoms with van der Waals surface area (Å²) in [6.07, 6.45) is 7.95. The summed E-state index contributed by atoms with van der Waals surface area (Å²) in [5.74, 6) is 0.863. The van der Waals surface area contributed by atoms with Gasteiger partial charge in [-0.1, -0.05) is 18.2 Å². The van der Waals surface area contributed by atoms with E-state index in [1.54, 1.807) is 0 Å². The smallest absolute Gasteiger partial charge is 0.138 e. The van der Waals surface area contributed by atoms with Crippen molar-refractivity contribution in [2.45, 2.75) is 13.8 Å². The zero-order chi connectivity index (χ0) is 12.1. The molecule has 2 heterocycles. The second kappa shape index (κ2) is 5.34. The Bertz CT molecular complexity index is 508.